The summed E-state index contributed by atoms with van der Waals surface area (Å²) in [5, 5.41) is 3.18. The number of benzene rings is 1. The van der Waals surface area contributed by atoms with Gasteiger partial charge in [-0.1, -0.05) is 26.0 Å². The highest BCUT2D eigenvalue weighted by Gasteiger charge is 2.24. The van der Waals surface area contributed by atoms with Crippen LogP contribution in [0.4, 0.5) is 0 Å². The molecule has 0 radical (unpaired) electrons. The van der Waals surface area contributed by atoms with Crippen LogP contribution in [0.15, 0.2) is 24.3 Å². The van der Waals surface area contributed by atoms with Crippen LogP contribution in [0.2, 0.25) is 0 Å². The fourth-order valence-corrected chi connectivity index (χ4v) is 1.74. The van der Waals surface area contributed by atoms with Crippen molar-refractivity contribution in [2.24, 2.45) is 0 Å². The third-order valence-corrected chi connectivity index (χ3v) is 2.97. The lowest BCUT2D eigenvalue weighted by atomic mass is 10.0. The normalized spacial score (nSPS) is 14.0. The van der Waals surface area contributed by atoms with Crippen LogP contribution in [-0.2, 0) is 0 Å². The van der Waals surface area contributed by atoms with Crippen molar-refractivity contribution in [3.8, 4) is 11.5 Å². The Bertz CT molecular complexity index is 354. The first kappa shape index (κ1) is 14.8. The Morgan fingerprint density at radius 1 is 1.17 bits per heavy atom. The van der Waals surface area contributed by atoms with E-state index >= 15 is 0 Å². The van der Waals surface area contributed by atoms with Gasteiger partial charge in [0.25, 0.3) is 0 Å². The summed E-state index contributed by atoms with van der Waals surface area (Å²) in [5.74, 6) is 1.65. The van der Waals surface area contributed by atoms with Gasteiger partial charge in [0.1, 0.15) is 5.60 Å². The second-order valence-corrected chi connectivity index (χ2v) is 4.73. The Kier molecular flexibility index (Phi) is 5.99. The Balaban J connectivity index is 2.81. The van der Waals surface area contributed by atoms with Crippen molar-refractivity contribution in [2.75, 3.05) is 20.2 Å². The van der Waals surface area contributed by atoms with Crippen LogP contribution in [0.5, 0.6) is 11.5 Å². The molecular formula is C15H25NO2. The lowest BCUT2D eigenvalue weighted by molar-refractivity contribution is 0.0809. The van der Waals surface area contributed by atoms with E-state index in [0.29, 0.717) is 0 Å². The predicted molar refractivity (Wildman–Crippen MR) is 75.5 cm³/mol. The molecule has 3 nitrogen and oxygen atoms in total. The number of para-hydroxylation sites is 2. The third-order valence-electron chi connectivity index (χ3n) is 2.97. The molecule has 102 valence electrons. The van der Waals surface area contributed by atoms with E-state index in [0.717, 1.165) is 37.5 Å². The zero-order valence-corrected chi connectivity index (χ0v) is 12.0. The third kappa shape index (κ3) is 4.22. The number of hydrogen-bond acceptors (Lipinski definition) is 3. The average molecular weight is 251 g/mol. The van der Waals surface area contributed by atoms with E-state index in [9.17, 15) is 0 Å². The summed E-state index contributed by atoms with van der Waals surface area (Å²) < 4.78 is 11.8. The highest BCUT2D eigenvalue weighted by molar-refractivity contribution is 5.40. The van der Waals surface area contributed by atoms with E-state index in [1.807, 2.05) is 31.3 Å². The summed E-state index contributed by atoms with van der Waals surface area (Å²) in [5.41, 5.74) is -0.208. The van der Waals surface area contributed by atoms with Gasteiger partial charge in [0, 0.05) is 6.54 Å². The zero-order chi connectivity index (χ0) is 13.4. The van der Waals surface area contributed by atoms with Crippen LogP contribution in [0.1, 0.15) is 33.6 Å². The second kappa shape index (κ2) is 7.27. The monoisotopic (exact) mass is 251 g/mol. The molecule has 1 aromatic rings. The molecule has 1 atom stereocenters. The molecule has 0 heterocycles. The average Bonchev–Trinajstić information content (AvgIpc) is 2.38. The summed E-state index contributed by atoms with van der Waals surface area (Å²) in [6.07, 6.45) is 1.94. The van der Waals surface area contributed by atoms with Gasteiger partial charge in [0.15, 0.2) is 11.5 Å². The first-order valence-electron chi connectivity index (χ1n) is 6.70. The number of hydrogen-bond donors (Lipinski definition) is 1. The van der Waals surface area contributed by atoms with Gasteiger partial charge < -0.3 is 14.8 Å². The molecular weight excluding hydrogens is 226 g/mol. The highest BCUT2D eigenvalue weighted by Crippen LogP contribution is 2.30. The van der Waals surface area contributed by atoms with Crippen molar-refractivity contribution >= 4 is 0 Å². The summed E-state index contributed by atoms with van der Waals surface area (Å²) >= 11 is 0. The van der Waals surface area contributed by atoms with Crippen LogP contribution >= 0.6 is 0 Å². The number of ether oxygens (including phenoxy) is 2. The Labute approximate surface area is 110 Å². The molecule has 0 amide bonds. The number of nitrogens with one attached hydrogen (secondary N) is 1. The molecule has 0 saturated carbocycles. The molecule has 0 aliphatic heterocycles. The molecule has 1 aromatic carbocycles. The van der Waals surface area contributed by atoms with Crippen LogP contribution in [0.25, 0.3) is 0 Å². The van der Waals surface area contributed by atoms with Gasteiger partial charge in [-0.2, -0.15) is 0 Å². The first-order valence-corrected chi connectivity index (χ1v) is 6.70. The van der Waals surface area contributed by atoms with Crippen molar-refractivity contribution in [2.45, 2.75) is 39.2 Å². The molecule has 1 N–H and O–H groups in total. The molecule has 18 heavy (non-hydrogen) atoms. The summed E-state index contributed by atoms with van der Waals surface area (Å²) in [6.45, 7) is 7.87. The fourth-order valence-electron chi connectivity index (χ4n) is 1.74. The molecule has 0 bridgehead atoms. The molecule has 0 spiro atoms. The van der Waals surface area contributed by atoms with E-state index in [4.69, 9.17) is 9.47 Å². The molecule has 0 fully saturated rings. The number of likely N-dealkylation sites (N-methyl/N-ethyl adjacent to an activating group) is 1. The Morgan fingerprint density at radius 3 is 2.39 bits per heavy atom. The maximum Gasteiger partial charge on any atom is 0.162 e. The first-order chi connectivity index (χ1) is 8.65. The summed E-state index contributed by atoms with van der Waals surface area (Å²) in [6, 6.07) is 7.87. The standard InChI is InChI=1S/C15H25NO2/c1-5-11-17-13-9-7-8-10-14(13)18-15(3,6-2)12-16-4/h7-10,16H,5-6,11-12H2,1-4H3. The minimum absolute atomic E-state index is 0.208. The van der Waals surface area contributed by atoms with Crippen LogP contribution < -0.4 is 14.8 Å². The molecule has 0 saturated heterocycles. The molecule has 1 unspecified atom stereocenters. The molecule has 0 aliphatic rings. The Morgan fingerprint density at radius 2 is 1.83 bits per heavy atom. The van der Waals surface area contributed by atoms with Crippen molar-refractivity contribution in [3.63, 3.8) is 0 Å². The topological polar surface area (TPSA) is 30.5 Å². The van der Waals surface area contributed by atoms with E-state index in [2.05, 4.69) is 26.1 Å². The van der Waals surface area contributed by atoms with E-state index in [1.165, 1.54) is 0 Å². The number of rotatable bonds is 8. The SMILES string of the molecule is CCCOc1ccccc1OC(C)(CC)CNC. The maximum absolute atomic E-state index is 6.13. The quantitative estimate of drug-likeness (QED) is 0.769. The Hall–Kier alpha value is -1.22. The van der Waals surface area contributed by atoms with Gasteiger partial charge in [-0.25, -0.2) is 0 Å². The second-order valence-electron chi connectivity index (χ2n) is 4.73. The summed E-state index contributed by atoms with van der Waals surface area (Å²) in [7, 11) is 1.94. The van der Waals surface area contributed by atoms with Gasteiger partial charge in [-0.3, -0.25) is 0 Å². The largest absolute Gasteiger partial charge is 0.490 e. The predicted octanol–water partition coefficient (Wildman–Crippen LogP) is 3.24. The van der Waals surface area contributed by atoms with Crippen molar-refractivity contribution < 1.29 is 9.47 Å². The van der Waals surface area contributed by atoms with Crippen LogP contribution in [0, 0.1) is 0 Å². The van der Waals surface area contributed by atoms with Crippen molar-refractivity contribution in [3.05, 3.63) is 24.3 Å². The lowest BCUT2D eigenvalue weighted by Crippen LogP contribution is -2.41. The zero-order valence-electron chi connectivity index (χ0n) is 12.0. The molecule has 0 aliphatic carbocycles. The van der Waals surface area contributed by atoms with Gasteiger partial charge in [0.05, 0.1) is 6.61 Å². The minimum Gasteiger partial charge on any atom is -0.490 e. The highest BCUT2D eigenvalue weighted by atomic mass is 16.5. The van der Waals surface area contributed by atoms with E-state index in [-0.39, 0.29) is 5.60 Å². The van der Waals surface area contributed by atoms with Gasteiger partial charge in [0.2, 0.25) is 0 Å². The molecule has 1 rings (SSSR count). The minimum atomic E-state index is -0.208. The van der Waals surface area contributed by atoms with Gasteiger partial charge in [-0.15, -0.1) is 0 Å². The fraction of sp³-hybridized carbons (Fsp3) is 0.600. The lowest BCUT2D eigenvalue weighted by Gasteiger charge is -2.30. The maximum atomic E-state index is 6.13. The van der Waals surface area contributed by atoms with Crippen LogP contribution in [0.3, 0.4) is 0 Å². The van der Waals surface area contributed by atoms with E-state index < -0.39 is 0 Å². The molecule has 3 heteroatoms. The van der Waals surface area contributed by atoms with Crippen molar-refractivity contribution in [1.82, 2.24) is 5.32 Å². The van der Waals surface area contributed by atoms with Crippen LogP contribution in [-0.4, -0.2) is 25.8 Å². The van der Waals surface area contributed by atoms with Gasteiger partial charge in [-0.05, 0) is 38.9 Å². The van der Waals surface area contributed by atoms with Gasteiger partial charge >= 0.3 is 0 Å². The van der Waals surface area contributed by atoms with Crippen molar-refractivity contribution in [1.29, 1.82) is 0 Å². The summed E-state index contributed by atoms with van der Waals surface area (Å²) in [4.78, 5) is 0. The van der Waals surface area contributed by atoms with E-state index in [1.54, 1.807) is 0 Å². The molecule has 0 aromatic heterocycles. The smallest absolute Gasteiger partial charge is 0.162 e.